The van der Waals surface area contributed by atoms with Gasteiger partial charge in [-0.3, -0.25) is 0 Å². The van der Waals surface area contributed by atoms with Gasteiger partial charge in [0.25, 0.3) is 0 Å². The SMILES string of the molecule is Nc1cc2nc(Cl)nc(N3CCOCC3)c2s1. The first-order chi connectivity index (χ1) is 8.24. The Kier molecular flexibility index (Phi) is 2.78. The van der Waals surface area contributed by atoms with Crippen molar-refractivity contribution in [3.05, 3.63) is 11.3 Å². The third-order valence-corrected chi connectivity index (χ3v) is 3.77. The molecule has 0 atom stereocenters. The van der Waals surface area contributed by atoms with Gasteiger partial charge in [-0.25, -0.2) is 4.98 Å². The van der Waals surface area contributed by atoms with Crippen molar-refractivity contribution in [3.8, 4) is 0 Å². The van der Waals surface area contributed by atoms with Gasteiger partial charge in [0.15, 0.2) is 5.82 Å². The maximum Gasteiger partial charge on any atom is 0.224 e. The highest BCUT2D eigenvalue weighted by molar-refractivity contribution is 7.23. The topological polar surface area (TPSA) is 64.3 Å². The molecule has 3 heterocycles. The molecule has 0 saturated carbocycles. The minimum Gasteiger partial charge on any atom is -0.391 e. The average Bonchev–Trinajstić information content (AvgIpc) is 2.69. The van der Waals surface area contributed by atoms with Crippen LogP contribution in [0.25, 0.3) is 10.2 Å². The van der Waals surface area contributed by atoms with E-state index in [1.165, 1.54) is 11.3 Å². The van der Waals surface area contributed by atoms with Crippen LogP contribution in [0.1, 0.15) is 0 Å². The lowest BCUT2D eigenvalue weighted by Gasteiger charge is -2.28. The third kappa shape index (κ3) is 2.03. The Morgan fingerprint density at radius 1 is 1.35 bits per heavy atom. The molecular weight excluding hydrogens is 260 g/mol. The van der Waals surface area contributed by atoms with E-state index in [-0.39, 0.29) is 5.28 Å². The molecule has 0 amide bonds. The second-order valence-corrected chi connectivity index (χ2v) is 5.20. The van der Waals surface area contributed by atoms with Crippen LogP contribution >= 0.6 is 22.9 Å². The van der Waals surface area contributed by atoms with Crippen molar-refractivity contribution in [2.24, 2.45) is 0 Å². The molecule has 1 aliphatic heterocycles. The lowest BCUT2D eigenvalue weighted by Crippen LogP contribution is -2.36. The van der Waals surface area contributed by atoms with E-state index in [2.05, 4.69) is 14.9 Å². The van der Waals surface area contributed by atoms with Crippen LogP contribution in [0.2, 0.25) is 5.28 Å². The fourth-order valence-electron chi connectivity index (χ4n) is 1.90. The normalized spacial score (nSPS) is 16.6. The van der Waals surface area contributed by atoms with Crippen LogP contribution in [0.4, 0.5) is 10.8 Å². The lowest BCUT2D eigenvalue weighted by molar-refractivity contribution is 0.122. The van der Waals surface area contributed by atoms with E-state index in [1.807, 2.05) is 6.07 Å². The molecule has 0 spiro atoms. The smallest absolute Gasteiger partial charge is 0.224 e. The van der Waals surface area contributed by atoms with Gasteiger partial charge in [0.1, 0.15) is 0 Å². The van der Waals surface area contributed by atoms with Crippen molar-refractivity contribution >= 4 is 44.0 Å². The fraction of sp³-hybridized carbons (Fsp3) is 0.400. The van der Waals surface area contributed by atoms with Crippen molar-refractivity contribution in [2.75, 3.05) is 36.9 Å². The van der Waals surface area contributed by atoms with Crippen molar-refractivity contribution in [3.63, 3.8) is 0 Å². The number of morpholine rings is 1. The predicted molar refractivity (Wildman–Crippen MR) is 69.9 cm³/mol. The number of nitrogens with two attached hydrogens (primary N) is 1. The summed E-state index contributed by atoms with van der Waals surface area (Å²) in [4.78, 5) is 10.7. The van der Waals surface area contributed by atoms with Gasteiger partial charge in [-0.15, -0.1) is 11.3 Å². The molecule has 2 aromatic rings. The molecule has 1 saturated heterocycles. The van der Waals surface area contributed by atoms with Crippen LogP contribution in [0, 0.1) is 0 Å². The Hall–Kier alpha value is -1.11. The Bertz CT molecular complexity index is 552. The molecule has 90 valence electrons. The number of nitrogens with zero attached hydrogens (tertiary/aromatic N) is 3. The molecule has 3 rings (SSSR count). The first-order valence-electron chi connectivity index (χ1n) is 5.29. The number of ether oxygens (including phenoxy) is 1. The van der Waals surface area contributed by atoms with E-state index < -0.39 is 0 Å². The summed E-state index contributed by atoms with van der Waals surface area (Å²) in [5.74, 6) is 0.866. The molecule has 1 aliphatic rings. The van der Waals surface area contributed by atoms with Crippen LogP contribution in [-0.4, -0.2) is 36.3 Å². The molecule has 0 aliphatic carbocycles. The van der Waals surface area contributed by atoms with Crippen molar-refractivity contribution < 1.29 is 4.74 Å². The standard InChI is InChI=1S/C10H11ClN4OS/c11-10-13-6-5-7(12)17-8(6)9(14-10)15-1-3-16-4-2-15/h5H,1-4,12H2. The summed E-state index contributed by atoms with van der Waals surface area (Å²) < 4.78 is 6.32. The van der Waals surface area contributed by atoms with Gasteiger partial charge >= 0.3 is 0 Å². The molecule has 7 heteroatoms. The molecule has 2 N–H and O–H groups in total. The number of thiophene rings is 1. The highest BCUT2D eigenvalue weighted by atomic mass is 35.5. The zero-order valence-corrected chi connectivity index (χ0v) is 10.6. The number of aromatic nitrogens is 2. The number of nitrogen functional groups attached to an aromatic ring is 1. The highest BCUT2D eigenvalue weighted by Gasteiger charge is 2.18. The van der Waals surface area contributed by atoms with Crippen LogP contribution < -0.4 is 10.6 Å². The number of anilines is 2. The third-order valence-electron chi connectivity index (χ3n) is 2.66. The Balaban J connectivity index is 2.12. The average molecular weight is 271 g/mol. The molecule has 0 aromatic carbocycles. The van der Waals surface area contributed by atoms with Gasteiger partial charge in [-0.05, 0) is 17.7 Å². The van der Waals surface area contributed by atoms with Crippen molar-refractivity contribution in [2.45, 2.75) is 0 Å². The van der Waals surface area contributed by atoms with Gasteiger partial charge in [-0.1, -0.05) is 0 Å². The first kappa shape index (κ1) is 11.0. The van der Waals surface area contributed by atoms with Gasteiger partial charge in [0.2, 0.25) is 5.28 Å². The minimum atomic E-state index is 0.261. The predicted octanol–water partition coefficient (Wildman–Crippen LogP) is 1.76. The molecule has 0 unspecified atom stereocenters. The maximum absolute atomic E-state index is 5.94. The van der Waals surface area contributed by atoms with E-state index in [9.17, 15) is 0 Å². The minimum absolute atomic E-state index is 0.261. The Labute approximate surface area is 107 Å². The van der Waals surface area contributed by atoms with Crippen molar-refractivity contribution in [1.82, 2.24) is 9.97 Å². The fourth-order valence-corrected chi connectivity index (χ4v) is 2.95. The van der Waals surface area contributed by atoms with E-state index in [1.54, 1.807) is 0 Å². The quantitative estimate of drug-likeness (QED) is 0.800. The lowest BCUT2D eigenvalue weighted by atomic mass is 10.3. The van der Waals surface area contributed by atoms with Crippen LogP contribution in [0.15, 0.2) is 6.07 Å². The second kappa shape index (κ2) is 4.29. The van der Waals surface area contributed by atoms with Crippen LogP contribution in [0.3, 0.4) is 0 Å². The summed E-state index contributed by atoms with van der Waals surface area (Å²) in [6.45, 7) is 3.06. The zero-order valence-electron chi connectivity index (χ0n) is 9.02. The molecule has 5 nitrogen and oxygen atoms in total. The molecular formula is C10H11ClN4OS. The number of rotatable bonds is 1. The van der Waals surface area contributed by atoms with Crippen molar-refractivity contribution in [1.29, 1.82) is 0 Å². The van der Waals surface area contributed by atoms with E-state index in [0.29, 0.717) is 13.2 Å². The highest BCUT2D eigenvalue weighted by Crippen LogP contribution is 2.34. The summed E-state index contributed by atoms with van der Waals surface area (Å²) in [5, 5.41) is 0.989. The molecule has 2 aromatic heterocycles. The zero-order chi connectivity index (χ0) is 11.8. The maximum atomic E-state index is 5.94. The van der Waals surface area contributed by atoms with Crippen LogP contribution in [0.5, 0.6) is 0 Å². The Morgan fingerprint density at radius 2 is 2.12 bits per heavy atom. The summed E-state index contributed by atoms with van der Waals surface area (Å²) in [6, 6.07) is 1.83. The molecule has 17 heavy (non-hydrogen) atoms. The summed E-state index contributed by atoms with van der Waals surface area (Å²) >= 11 is 7.43. The molecule has 1 fully saturated rings. The molecule has 0 bridgehead atoms. The number of hydrogen-bond acceptors (Lipinski definition) is 6. The largest absolute Gasteiger partial charge is 0.391 e. The van der Waals surface area contributed by atoms with E-state index >= 15 is 0 Å². The van der Waals surface area contributed by atoms with E-state index in [4.69, 9.17) is 22.1 Å². The Morgan fingerprint density at radius 3 is 2.88 bits per heavy atom. The van der Waals surface area contributed by atoms with Gasteiger partial charge in [0, 0.05) is 13.1 Å². The van der Waals surface area contributed by atoms with Gasteiger partial charge in [-0.2, -0.15) is 4.98 Å². The molecule has 0 radical (unpaired) electrons. The van der Waals surface area contributed by atoms with Gasteiger partial charge < -0.3 is 15.4 Å². The van der Waals surface area contributed by atoms with Crippen LogP contribution in [-0.2, 0) is 4.74 Å². The second-order valence-electron chi connectivity index (χ2n) is 3.78. The summed E-state index contributed by atoms with van der Waals surface area (Å²) in [7, 11) is 0. The van der Waals surface area contributed by atoms with Gasteiger partial charge in [0.05, 0.1) is 28.4 Å². The summed E-state index contributed by atoms with van der Waals surface area (Å²) in [6.07, 6.45) is 0. The number of halogens is 1. The number of hydrogen-bond donors (Lipinski definition) is 1. The first-order valence-corrected chi connectivity index (χ1v) is 6.49. The summed E-state index contributed by atoms with van der Waals surface area (Å²) in [5.41, 5.74) is 6.62. The van der Waals surface area contributed by atoms with E-state index in [0.717, 1.165) is 34.1 Å². The monoisotopic (exact) mass is 270 g/mol. The number of fused-ring (bicyclic) bond motifs is 1.